The van der Waals surface area contributed by atoms with Gasteiger partial charge in [-0.2, -0.15) is 14.7 Å². The van der Waals surface area contributed by atoms with Gasteiger partial charge in [0, 0.05) is 65.4 Å². The van der Waals surface area contributed by atoms with Crippen LogP contribution in [0.2, 0.25) is 25.7 Å². The normalized spacial score (nSPS) is 17.6. The number of anilines is 1. The highest BCUT2D eigenvalue weighted by atomic mass is 28.3. The monoisotopic (exact) mass is 749 g/mol. The third-order valence-electron chi connectivity index (χ3n) is 9.40. The molecule has 0 radical (unpaired) electrons. The molecule has 1 fully saturated rings. The number of esters is 1. The van der Waals surface area contributed by atoms with Crippen LogP contribution in [0.1, 0.15) is 49.8 Å². The first kappa shape index (κ1) is 40.0. The van der Waals surface area contributed by atoms with Crippen LogP contribution in [0.4, 0.5) is 5.82 Å². The summed E-state index contributed by atoms with van der Waals surface area (Å²) in [5, 5.41) is 12.8. The van der Waals surface area contributed by atoms with E-state index in [1.54, 1.807) is 29.6 Å². The summed E-state index contributed by atoms with van der Waals surface area (Å²) >= 11 is 0. The average Bonchev–Trinajstić information content (AvgIpc) is 3.77. The SMILES string of the molecule is C=C(OCC)c1c(C2CCC(OCCOC)(C(=O)OCCOC)CC2)nc2c(-c3ccc(-c4ccn(C)n4)nc3)cnn2c1NCOCC[Si](C)(C)C. The van der Waals surface area contributed by atoms with Gasteiger partial charge in [-0.15, -0.1) is 0 Å². The minimum Gasteiger partial charge on any atom is -0.494 e. The summed E-state index contributed by atoms with van der Waals surface area (Å²) in [7, 11) is 3.78. The molecule has 15 heteroatoms. The number of carbonyl (C=O) groups excluding carboxylic acids is 1. The largest absolute Gasteiger partial charge is 0.494 e. The Bertz CT molecular complexity index is 1810. The molecule has 14 nitrogen and oxygen atoms in total. The third-order valence-corrected chi connectivity index (χ3v) is 11.1. The molecule has 288 valence electrons. The number of pyridine rings is 1. The Morgan fingerprint density at radius 3 is 2.40 bits per heavy atom. The Hall–Kier alpha value is -4.15. The molecule has 4 aromatic rings. The molecular formula is C38H55N7O7Si. The van der Waals surface area contributed by atoms with Crippen molar-refractivity contribution in [3.63, 3.8) is 0 Å². The van der Waals surface area contributed by atoms with E-state index in [1.807, 2.05) is 44.6 Å². The fraction of sp³-hybridized carbons (Fsp3) is 0.553. The topological polar surface area (TPSA) is 145 Å². The first-order chi connectivity index (χ1) is 25.5. The lowest BCUT2D eigenvalue weighted by atomic mass is 9.76. The number of fused-ring (bicyclic) bond motifs is 1. The standard InChI is InChI=1S/C38H55N7O7Si/c1-9-50-27(2)33-34(28-12-15-38(16-13-28,52-21-19-48-5)37(46)51-20-18-47-4)42-35-30(29-10-11-31(39-24-29)32-14-17-44(3)43-32)25-41-45(35)36(33)40-26-49-22-23-53(6,7)8/h10-11,14,17,24-25,28,40H,2,9,12-13,15-16,18-23,26H2,1,3-8H3. The number of aromatic nitrogens is 6. The van der Waals surface area contributed by atoms with Crippen molar-refractivity contribution in [2.75, 3.05) is 65.9 Å². The molecule has 0 spiro atoms. The number of rotatable bonds is 20. The number of aryl methyl sites for hydroxylation is 1. The zero-order valence-electron chi connectivity index (χ0n) is 32.3. The maximum atomic E-state index is 13.5. The maximum absolute atomic E-state index is 13.5. The van der Waals surface area contributed by atoms with Crippen LogP contribution in [-0.4, -0.2) is 110 Å². The summed E-state index contributed by atoms with van der Waals surface area (Å²) in [4.78, 5) is 23.6. The second-order valence-electron chi connectivity index (χ2n) is 14.5. The molecule has 1 aliphatic carbocycles. The molecule has 4 aromatic heterocycles. The van der Waals surface area contributed by atoms with E-state index in [2.05, 4.69) is 36.6 Å². The van der Waals surface area contributed by atoms with Crippen LogP contribution in [0.25, 0.3) is 33.9 Å². The van der Waals surface area contributed by atoms with Gasteiger partial charge in [0.1, 0.15) is 30.6 Å². The molecule has 5 rings (SSSR count). The van der Waals surface area contributed by atoms with Gasteiger partial charge in [-0.3, -0.25) is 9.67 Å². The number of nitrogens with one attached hydrogen (secondary N) is 1. The van der Waals surface area contributed by atoms with Crippen LogP contribution in [0.15, 0.2) is 43.4 Å². The van der Waals surface area contributed by atoms with Crippen LogP contribution in [-0.2, 0) is 40.3 Å². The average molecular weight is 750 g/mol. The molecule has 1 aliphatic rings. The molecule has 0 bridgehead atoms. The Morgan fingerprint density at radius 2 is 1.75 bits per heavy atom. The van der Waals surface area contributed by atoms with Crippen molar-refractivity contribution in [3.8, 4) is 22.5 Å². The number of hydrogen-bond acceptors (Lipinski definition) is 12. The molecule has 53 heavy (non-hydrogen) atoms. The predicted molar refractivity (Wildman–Crippen MR) is 206 cm³/mol. The molecule has 4 heterocycles. The van der Waals surface area contributed by atoms with Crippen molar-refractivity contribution in [1.82, 2.24) is 29.4 Å². The van der Waals surface area contributed by atoms with Gasteiger partial charge in [-0.05, 0) is 50.8 Å². The zero-order valence-corrected chi connectivity index (χ0v) is 33.3. The fourth-order valence-electron chi connectivity index (χ4n) is 6.45. The minimum absolute atomic E-state index is 0.0566. The van der Waals surface area contributed by atoms with Gasteiger partial charge in [0.05, 0.1) is 49.6 Å². The van der Waals surface area contributed by atoms with E-state index >= 15 is 0 Å². The number of carbonyl (C=O) groups is 1. The van der Waals surface area contributed by atoms with Gasteiger partial charge in [0.25, 0.3) is 0 Å². The van der Waals surface area contributed by atoms with Crippen molar-refractivity contribution in [1.29, 1.82) is 0 Å². The molecule has 0 saturated heterocycles. The van der Waals surface area contributed by atoms with Crippen LogP contribution in [0, 0.1) is 0 Å². The summed E-state index contributed by atoms with van der Waals surface area (Å²) in [5.74, 6) is 0.711. The van der Waals surface area contributed by atoms with E-state index in [9.17, 15) is 4.79 Å². The quantitative estimate of drug-likeness (QED) is 0.0363. The lowest BCUT2D eigenvalue weighted by molar-refractivity contribution is -0.180. The summed E-state index contributed by atoms with van der Waals surface area (Å²) in [6, 6.07) is 6.94. The molecule has 0 aliphatic heterocycles. The van der Waals surface area contributed by atoms with Crippen LogP contribution < -0.4 is 5.32 Å². The van der Waals surface area contributed by atoms with Crippen LogP contribution >= 0.6 is 0 Å². The molecular weight excluding hydrogens is 695 g/mol. The van der Waals surface area contributed by atoms with Crippen molar-refractivity contribution < 1.29 is 33.2 Å². The lowest BCUT2D eigenvalue weighted by Crippen LogP contribution is -2.46. The highest BCUT2D eigenvalue weighted by Gasteiger charge is 2.45. The fourth-order valence-corrected chi connectivity index (χ4v) is 7.21. The van der Waals surface area contributed by atoms with E-state index in [1.165, 1.54) is 0 Å². The first-order valence-corrected chi connectivity index (χ1v) is 22.0. The van der Waals surface area contributed by atoms with Crippen molar-refractivity contribution in [3.05, 3.63) is 54.6 Å². The van der Waals surface area contributed by atoms with Gasteiger partial charge >= 0.3 is 5.97 Å². The smallest absolute Gasteiger partial charge is 0.338 e. The van der Waals surface area contributed by atoms with Crippen LogP contribution in [0.5, 0.6) is 0 Å². The van der Waals surface area contributed by atoms with E-state index < -0.39 is 13.7 Å². The second kappa shape index (κ2) is 18.3. The van der Waals surface area contributed by atoms with Gasteiger partial charge in [-0.1, -0.05) is 32.3 Å². The molecule has 0 unspecified atom stereocenters. The number of nitrogens with zero attached hydrogens (tertiary/aromatic N) is 6. The number of ether oxygens (including phenoxy) is 6. The Balaban J connectivity index is 1.54. The summed E-state index contributed by atoms with van der Waals surface area (Å²) in [6.07, 6.45) is 7.62. The molecule has 0 atom stereocenters. The van der Waals surface area contributed by atoms with Gasteiger partial charge in [0.15, 0.2) is 11.2 Å². The van der Waals surface area contributed by atoms with Gasteiger partial charge < -0.3 is 33.7 Å². The van der Waals surface area contributed by atoms with Crippen molar-refractivity contribution in [2.24, 2.45) is 7.05 Å². The van der Waals surface area contributed by atoms with Crippen molar-refractivity contribution >= 4 is 31.3 Å². The highest BCUT2D eigenvalue weighted by molar-refractivity contribution is 6.76. The van der Waals surface area contributed by atoms with Gasteiger partial charge in [-0.25, -0.2) is 9.78 Å². The highest BCUT2D eigenvalue weighted by Crippen LogP contribution is 2.44. The van der Waals surface area contributed by atoms with E-state index in [0.717, 1.165) is 39.8 Å². The Labute approximate surface area is 313 Å². The molecule has 1 N–H and O–H groups in total. The lowest BCUT2D eigenvalue weighted by Gasteiger charge is -2.38. The van der Waals surface area contributed by atoms with Crippen molar-refractivity contribution in [2.45, 2.75) is 69.8 Å². The Morgan fingerprint density at radius 1 is 1.00 bits per heavy atom. The summed E-state index contributed by atoms with van der Waals surface area (Å²) < 4.78 is 38.0. The van der Waals surface area contributed by atoms with Crippen LogP contribution in [0.3, 0.4) is 0 Å². The number of methoxy groups -OCH3 is 2. The molecule has 0 aromatic carbocycles. The van der Waals surface area contributed by atoms with E-state index in [4.69, 9.17) is 43.5 Å². The van der Waals surface area contributed by atoms with E-state index in [0.29, 0.717) is 69.3 Å². The first-order valence-electron chi connectivity index (χ1n) is 18.3. The summed E-state index contributed by atoms with van der Waals surface area (Å²) in [6.45, 7) is 15.7. The van der Waals surface area contributed by atoms with Gasteiger partial charge in [0.2, 0.25) is 0 Å². The predicted octanol–water partition coefficient (Wildman–Crippen LogP) is 6.17. The Kier molecular flexibility index (Phi) is 13.8. The zero-order chi connectivity index (χ0) is 38.0. The minimum atomic E-state index is -1.28. The maximum Gasteiger partial charge on any atom is 0.338 e. The number of hydrogen-bond donors (Lipinski definition) is 1. The second-order valence-corrected chi connectivity index (χ2v) is 20.1. The van der Waals surface area contributed by atoms with E-state index in [-0.39, 0.29) is 31.8 Å². The summed E-state index contributed by atoms with van der Waals surface area (Å²) in [5.41, 5.74) is 4.32. The molecule has 0 amide bonds. The third kappa shape index (κ3) is 9.89. The molecule has 1 saturated carbocycles.